The zero-order chi connectivity index (χ0) is 16.9. The summed E-state index contributed by atoms with van der Waals surface area (Å²) in [7, 11) is 0. The SMILES string of the molecule is O=C(NCCc1ccc(C(F)(F)F)cc1)Nc1ccc(Cl)cc1. The van der Waals surface area contributed by atoms with E-state index in [0.29, 0.717) is 29.2 Å². The Balaban J connectivity index is 1.78. The van der Waals surface area contributed by atoms with E-state index >= 15 is 0 Å². The number of carbonyl (C=O) groups is 1. The van der Waals surface area contributed by atoms with Crippen LogP contribution in [0, 0.1) is 0 Å². The molecule has 0 aliphatic rings. The third kappa shape index (κ3) is 5.49. The van der Waals surface area contributed by atoms with E-state index in [2.05, 4.69) is 10.6 Å². The lowest BCUT2D eigenvalue weighted by Crippen LogP contribution is -2.30. The van der Waals surface area contributed by atoms with E-state index in [-0.39, 0.29) is 6.03 Å². The number of benzene rings is 2. The van der Waals surface area contributed by atoms with Gasteiger partial charge in [-0.1, -0.05) is 23.7 Å². The Kier molecular flexibility index (Phi) is 5.50. The number of alkyl halides is 3. The van der Waals surface area contributed by atoms with Crippen molar-refractivity contribution in [3.8, 4) is 0 Å². The number of urea groups is 1. The van der Waals surface area contributed by atoms with Crippen molar-refractivity contribution in [3.05, 3.63) is 64.7 Å². The van der Waals surface area contributed by atoms with E-state index in [9.17, 15) is 18.0 Å². The number of rotatable bonds is 4. The second-order valence-corrected chi connectivity index (χ2v) is 5.27. The monoisotopic (exact) mass is 342 g/mol. The van der Waals surface area contributed by atoms with Gasteiger partial charge in [0.25, 0.3) is 0 Å². The first-order chi connectivity index (χ1) is 10.8. The van der Waals surface area contributed by atoms with E-state index in [0.717, 1.165) is 12.1 Å². The highest BCUT2D eigenvalue weighted by Gasteiger charge is 2.29. The maximum absolute atomic E-state index is 12.4. The fourth-order valence-electron chi connectivity index (χ4n) is 1.89. The Labute approximate surface area is 136 Å². The van der Waals surface area contributed by atoms with Crippen LogP contribution in [0.4, 0.5) is 23.7 Å². The average molecular weight is 343 g/mol. The molecule has 0 fully saturated rings. The average Bonchev–Trinajstić information content (AvgIpc) is 2.49. The number of amides is 2. The molecule has 0 aromatic heterocycles. The Morgan fingerprint density at radius 2 is 1.61 bits per heavy atom. The molecule has 2 amide bonds. The first-order valence-corrected chi connectivity index (χ1v) is 7.19. The van der Waals surface area contributed by atoms with Gasteiger partial charge in [-0.25, -0.2) is 4.79 Å². The minimum Gasteiger partial charge on any atom is -0.338 e. The van der Waals surface area contributed by atoms with Crippen molar-refractivity contribution in [1.29, 1.82) is 0 Å². The standard InChI is InChI=1S/C16H14ClF3N2O/c17-13-5-7-14(8-6-13)22-15(23)21-10-9-11-1-3-12(4-2-11)16(18,19)20/h1-8H,9-10H2,(H2,21,22,23). The third-order valence-corrected chi connectivity index (χ3v) is 3.33. The molecule has 0 atom stereocenters. The molecule has 0 aliphatic carbocycles. The molecule has 2 rings (SSSR count). The van der Waals surface area contributed by atoms with E-state index in [1.54, 1.807) is 24.3 Å². The highest BCUT2D eigenvalue weighted by molar-refractivity contribution is 6.30. The van der Waals surface area contributed by atoms with Crippen molar-refractivity contribution in [1.82, 2.24) is 5.32 Å². The lowest BCUT2D eigenvalue weighted by atomic mass is 10.1. The van der Waals surface area contributed by atoms with Gasteiger partial charge in [-0.2, -0.15) is 13.2 Å². The van der Waals surface area contributed by atoms with Crippen LogP contribution in [0.25, 0.3) is 0 Å². The molecule has 0 saturated heterocycles. The number of nitrogens with one attached hydrogen (secondary N) is 2. The molecule has 2 aromatic rings. The van der Waals surface area contributed by atoms with Crippen LogP contribution in [-0.4, -0.2) is 12.6 Å². The molecule has 7 heteroatoms. The molecule has 3 nitrogen and oxygen atoms in total. The van der Waals surface area contributed by atoms with Gasteiger partial charge in [0.15, 0.2) is 0 Å². The molecule has 0 unspecified atom stereocenters. The number of carbonyl (C=O) groups excluding carboxylic acids is 1. The molecule has 2 N–H and O–H groups in total. The van der Waals surface area contributed by atoms with Crippen LogP contribution in [-0.2, 0) is 12.6 Å². The van der Waals surface area contributed by atoms with Gasteiger partial charge in [0.2, 0.25) is 0 Å². The van der Waals surface area contributed by atoms with E-state index in [1.165, 1.54) is 12.1 Å². The topological polar surface area (TPSA) is 41.1 Å². The summed E-state index contributed by atoms with van der Waals surface area (Å²) < 4.78 is 37.3. The lowest BCUT2D eigenvalue weighted by Gasteiger charge is -2.09. The normalized spacial score (nSPS) is 11.1. The molecule has 23 heavy (non-hydrogen) atoms. The highest BCUT2D eigenvalue weighted by Crippen LogP contribution is 2.29. The van der Waals surface area contributed by atoms with Crippen LogP contribution in [0.5, 0.6) is 0 Å². The molecule has 0 heterocycles. The van der Waals surface area contributed by atoms with Gasteiger partial charge >= 0.3 is 12.2 Å². The summed E-state index contributed by atoms with van der Waals surface area (Å²) in [6.45, 7) is 0.310. The Morgan fingerprint density at radius 1 is 1.00 bits per heavy atom. The zero-order valence-corrected chi connectivity index (χ0v) is 12.7. The lowest BCUT2D eigenvalue weighted by molar-refractivity contribution is -0.137. The smallest absolute Gasteiger partial charge is 0.338 e. The zero-order valence-electron chi connectivity index (χ0n) is 12.0. The Hall–Kier alpha value is -2.21. The van der Waals surface area contributed by atoms with E-state index < -0.39 is 11.7 Å². The molecule has 0 radical (unpaired) electrons. The second-order valence-electron chi connectivity index (χ2n) is 4.83. The predicted molar refractivity (Wildman–Crippen MR) is 83.6 cm³/mol. The predicted octanol–water partition coefficient (Wildman–Crippen LogP) is 4.72. The number of hydrogen-bond donors (Lipinski definition) is 2. The van der Waals surface area contributed by atoms with Crippen LogP contribution in [0.15, 0.2) is 48.5 Å². The number of halogens is 4. The van der Waals surface area contributed by atoms with Crippen molar-refractivity contribution in [2.75, 3.05) is 11.9 Å². The number of anilines is 1. The second kappa shape index (κ2) is 7.37. The van der Waals surface area contributed by atoms with Crippen LogP contribution >= 0.6 is 11.6 Å². The minimum atomic E-state index is -4.34. The Bertz CT molecular complexity index is 655. The van der Waals surface area contributed by atoms with Gasteiger partial charge in [-0.05, 0) is 48.4 Å². The van der Waals surface area contributed by atoms with Crippen molar-refractivity contribution < 1.29 is 18.0 Å². The van der Waals surface area contributed by atoms with Gasteiger partial charge in [-0.3, -0.25) is 0 Å². The maximum atomic E-state index is 12.4. The van der Waals surface area contributed by atoms with Gasteiger partial charge in [0, 0.05) is 17.3 Å². The fourth-order valence-corrected chi connectivity index (χ4v) is 2.02. The summed E-state index contributed by atoms with van der Waals surface area (Å²) in [6.07, 6.45) is -3.90. The summed E-state index contributed by atoms with van der Waals surface area (Å²) in [6, 6.07) is 11.1. The summed E-state index contributed by atoms with van der Waals surface area (Å²) in [4.78, 5) is 11.7. The van der Waals surface area contributed by atoms with Gasteiger partial charge in [0.05, 0.1) is 5.56 Å². The molecular weight excluding hydrogens is 329 g/mol. The van der Waals surface area contributed by atoms with Crippen molar-refractivity contribution >= 4 is 23.3 Å². The van der Waals surface area contributed by atoms with Crippen molar-refractivity contribution in [2.24, 2.45) is 0 Å². The molecule has 2 aromatic carbocycles. The van der Waals surface area contributed by atoms with Crippen LogP contribution in [0.1, 0.15) is 11.1 Å². The van der Waals surface area contributed by atoms with E-state index in [1.807, 2.05) is 0 Å². The maximum Gasteiger partial charge on any atom is 0.416 e. The van der Waals surface area contributed by atoms with Crippen molar-refractivity contribution in [2.45, 2.75) is 12.6 Å². The van der Waals surface area contributed by atoms with Crippen LogP contribution < -0.4 is 10.6 Å². The summed E-state index contributed by atoms with van der Waals surface area (Å²) in [5.41, 5.74) is 0.626. The Morgan fingerprint density at radius 3 is 2.17 bits per heavy atom. The molecule has 0 spiro atoms. The number of hydrogen-bond acceptors (Lipinski definition) is 1. The van der Waals surface area contributed by atoms with Gasteiger partial charge in [0.1, 0.15) is 0 Å². The van der Waals surface area contributed by atoms with Gasteiger partial charge < -0.3 is 10.6 Å². The highest BCUT2D eigenvalue weighted by atomic mass is 35.5. The molecule has 0 saturated carbocycles. The van der Waals surface area contributed by atoms with Crippen LogP contribution in [0.3, 0.4) is 0 Å². The minimum absolute atomic E-state index is 0.310. The molecule has 0 bridgehead atoms. The summed E-state index contributed by atoms with van der Waals surface area (Å²) >= 11 is 5.74. The molecular formula is C16H14ClF3N2O. The largest absolute Gasteiger partial charge is 0.416 e. The van der Waals surface area contributed by atoms with Gasteiger partial charge in [-0.15, -0.1) is 0 Å². The molecule has 0 aliphatic heterocycles. The van der Waals surface area contributed by atoms with Crippen LogP contribution in [0.2, 0.25) is 5.02 Å². The molecule has 122 valence electrons. The third-order valence-electron chi connectivity index (χ3n) is 3.08. The van der Waals surface area contributed by atoms with Crippen molar-refractivity contribution in [3.63, 3.8) is 0 Å². The first kappa shape index (κ1) is 17.1. The summed E-state index contributed by atoms with van der Waals surface area (Å²) in [5.74, 6) is 0. The quantitative estimate of drug-likeness (QED) is 0.829. The summed E-state index contributed by atoms with van der Waals surface area (Å²) in [5, 5.41) is 5.83. The van der Waals surface area contributed by atoms with E-state index in [4.69, 9.17) is 11.6 Å². The fraction of sp³-hybridized carbons (Fsp3) is 0.188. The first-order valence-electron chi connectivity index (χ1n) is 6.81.